The van der Waals surface area contributed by atoms with Gasteiger partial charge in [0.15, 0.2) is 0 Å². The van der Waals surface area contributed by atoms with Gasteiger partial charge in [-0.25, -0.2) is 4.98 Å². The molecule has 0 spiro atoms. The number of anilines is 1. The van der Waals surface area contributed by atoms with Crippen molar-refractivity contribution in [3.8, 4) is 5.88 Å². The first-order valence-corrected chi connectivity index (χ1v) is 4.51. The lowest BCUT2D eigenvalue weighted by Crippen LogP contribution is -2.07. The molecule has 1 aromatic heterocycles. The largest absolute Gasteiger partial charge is 0.475 e. The van der Waals surface area contributed by atoms with Crippen molar-refractivity contribution in [1.29, 1.82) is 0 Å². The number of hydrogen-bond donors (Lipinski definition) is 2. The summed E-state index contributed by atoms with van der Waals surface area (Å²) >= 11 is 0. The average molecular weight is 197 g/mol. The van der Waals surface area contributed by atoms with Gasteiger partial charge in [0, 0.05) is 12.0 Å². The Morgan fingerprint density at radius 3 is 2.79 bits per heavy atom. The van der Waals surface area contributed by atoms with E-state index in [1.54, 1.807) is 6.07 Å². The fraction of sp³-hybridized carbons (Fsp3) is 0.556. The van der Waals surface area contributed by atoms with E-state index in [1.165, 1.54) is 0 Å². The molecule has 14 heavy (non-hydrogen) atoms. The third-order valence-electron chi connectivity index (χ3n) is 1.60. The van der Waals surface area contributed by atoms with Gasteiger partial charge in [0.25, 0.3) is 0 Å². The van der Waals surface area contributed by atoms with E-state index in [4.69, 9.17) is 15.6 Å². The second kappa shape index (κ2) is 4.76. The molecule has 0 bridgehead atoms. The van der Waals surface area contributed by atoms with Crippen LogP contribution in [0.2, 0.25) is 0 Å². The van der Waals surface area contributed by atoms with Gasteiger partial charge in [-0.1, -0.05) is 13.8 Å². The van der Waals surface area contributed by atoms with Crippen molar-refractivity contribution < 1.29 is 9.84 Å². The lowest BCUT2D eigenvalue weighted by molar-refractivity contribution is 0.196. The number of aliphatic hydroxyl groups excluding tert-OH is 1. The summed E-state index contributed by atoms with van der Waals surface area (Å²) in [6.07, 6.45) is 0. The monoisotopic (exact) mass is 197 g/mol. The van der Waals surface area contributed by atoms with E-state index in [2.05, 4.69) is 9.97 Å². The molecule has 0 amide bonds. The zero-order valence-electron chi connectivity index (χ0n) is 8.40. The van der Waals surface area contributed by atoms with Crippen LogP contribution in [0.15, 0.2) is 6.07 Å². The van der Waals surface area contributed by atoms with E-state index in [9.17, 15) is 0 Å². The highest BCUT2D eigenvalue weighted by Crippen LogP contribution is 2.16. The fourth-order valence-corrected chi connectivity index (χ4v) is 0.944. The van der Waals surface area contributed by atoms with E-state index in [1.807, 2.05) is 13.8 Å². The number of rotatable bonds is 4. The van der Waals surface area contributed by atoms with Crippen LogP contribution < -0.4 is 10.5 Å². The van der Waals surface area contributed by atoms with Gasteiger partial charge < -0.3 is 15.6 Å². The quantitative estimate of drug-likeness (QED) is 0.736. The highest BCUT2D eigenvalue weighted by molar-refractivity contribution is 5.33. The summed E-state index contributed by atoms with van der Waals surface area (Å²) in [5.74, 6) is 1.65. The molecule has 1 heterocycles. The van der Waals surface area contributed by atoms with Crippen molar-refractivity contribution in [2.75, 3.05) is 18.9 Å². The van der Waals surface area contributed by atoms with Crippen molar-refractivity contribution in [2.24, 2.45) is 0 Å². The van der Waals surface area contributed by atoms with Crippen LogP contribution in [-0.2, 0) is 0 Å². The average Bonchev–Trinajstić information content (AvgIpc) is 2.14. The van der Waals surface area contributed by atoms with Gasteiger partial charge >= 0.3 is 0 Å². The van der Waals surface area contributed by atoms with E-state index < -0.39 is 0 Å². The molecular formula is C9H15N3O2. The first kappa shape index (κ1) is 10.7. The van der Waals surface area contributed by atoms with Gasteiger partial charge in [-0.05, 0) is 0 Å². The molecule has 3 N–H and O–H groups in total. The smallest absolute Gasteiger partial charge is 0.218 e. The summed E-state index contributed by atoms with van der Waals surface area (Å²) in [4.78, 5) is 8.21. The zero-order valence-corrected chi connectivity index (χ0v) is 8.40. The Bertz CT molecular complexity index is 302. The van der Waals surface area contributed by atoms with Gasteiger partial charge in [0.2, 0.25) is 5.88 Å². The standard InChI is InChI=1S/C9H15N3O2/c1-6(2)9-11-7(10)5-8(12-9)14-4-3-13/h5-6,13H,3-4H2,1-2H3,(H2,10,11,12). The number of nitrogens with two attached hydrogens (primary N) is 1. The maximum absolute atomic E-state index is 8.58. The Hall–Kier alpha value is -1.36. The van der Waals surface area contributed by atoms with Crippen molar-refractivity contribution in [3.05, 3.63) is 11.9 Å². The minimum atomic E-state index is -0.0408. The Balaban J connectivity index is 2.84. The minimum Gasteiger partial charge on any atom is -0.475 e. The van der Waals surface area contributed by atoms with Gasteiger partial charge in [-0.15, -0.1) is 0 Å². The molecular weight excluding hydrogens is 182 g/mol. The predicted molar refractivity (Wildman–Crippen MR) is 53.1 cm³/mol. The molecule has 0 aliphatic carbocycles. The molecule has 0 fully saturated rings. The summed E-state index contributed by atoms with van der Waals surface area (Å²) < 4.78 is 5.15. The molecule has 0 unspecified atom stereocenters. The lowest BCUT2D eigenvalue weighted by Gasteiger charge is -2.08. The molecule has 0 aromatic carbocycles. The molecule has 0 atom stereocenters. The van der Waals surface area contributed by atoms with Crippen LogP contribution in [-0.4, -0.2) is 28.3 Å². The number of ether oxygens (including phenoxy) is 1. The van der Waals surface area contributed by atoms with Crippen LogP contribution in [0, 0.1) is 0 Å². The zero-order chi connectivity index (χ0) is 10.6. The summed E-state index contributed by atoms with van der Waals surface area (Å²) in [6, 6.07) is 1.54. The van der Waals surface area contributed by atoms with Crippen LogP contribution in [0.25, 0.3) is 0 Å². The topological polar surface area (TPSA) is 81.3 Å². The van der Waals surface area contributed by atoms with Crippen LogP contribution in [0.4, 0.5) is 5.82 Å². The van der Waals surface area contributed by atoms with E-state index in [0.717, 1.165) is 0 Å². The SMILES string of the molecule is CC(C)c1nc(N)cc(OCCO)n1. The van der Waals surface area contributed by atoms with Gasteiger partial charge in [-0.3, -0.25) is 0 Å². The second-order valence-corrected chi connectivity index (χ2v) is 3.22. The highest BCUT2D eigenvalue weighted by Gasteiger charge is 2.06. The molecule has 0 aliphatic rings. The Kier molecular flexibility index (Phi) is 3.64. The van der Waals surface area contributed by atoms with Crippen LogP contribution in [0.5, 0.6) is 5.88 Å². The number of hydrogen-bond acceptors (Lipinski definition) is 5. The minimum absolute atomic E-state index is 0.0408. The lowest BCUT2D eigenvalue weighted by atomic mass is 10.2. The molecule has 0 aliphatic heterocycles. The number of aliphatic hydroxyl groups is 1. The van der Waals surface area contributed by atoms with Crippen molar-refractivity contribution in [3.63, 3.8) is 0 Å². The molecule has 1 aromatic rings. The third kappa shape index (κ3) is 2.85. The van der Waals surface area contributed by atoms with Crippen LogP contribution in [0.3, 0.4) is 0 Å². The summed E-state index contributed by atoms with van der Waals surface area (Å²) in [6.45, 7) is 4.13. The third-order valence-corrected chi connectivity index (χ3v) is 1.60. The maximum Gasteiger partial charge on any atom is 0.218 e. The van der Waals surface area contributed by atoms with Crippen molar-refractivity contribution >= 4 is 5.82 Å². The molecule has 5 nitrogen and oxygen atoms in total. The van der Waals surface area contributed by atoms with Crippen molar-refractivity contribution in [1.82, 2.24) is 9.97 Å². The van der Waals surface area contributed by atoms with Gasteiger partial charge in [0.1, 0.15) is 18.2 Å². The number of aromatic nitrogens is 2. The van der Waals surface area contributed by atoms with Gasteiger partial charge in [0.05, 0.1) is 6.61 Å². The normalized spacial score (nSPS) is 10.6. The van der Waals surface area contributed by atoms with Gasteiger partial charge in [-0.2, -0.15) is 4.98 Å². The molecule has 78 valence electrons. The Morgan fingerprint density at radius 1 is 1.50 bits per heavy atom. The second-order valence-electron chi connectivity index (χ2n) is 3.22. The van der Waals surface area contributed by atoms with E-state index in [-0.39, 0.29) is 19.1 Å². The summed E-state index contributed by atoms with van der Waals surface area (Å²) in [5.41, 5.74) is 5.58. The molecule has 0 saturated carbocycles. The number of nitrogen functional groups attached to an aromatic ring is 1. The fourth-order valence-electron chi connectivity index (χ4n) is 0.944. The highest BCUT2D eigenvalue weighted by atomic mass is 16.5. The van der Waals surface area contributed by atoms with E-state index >= 15 is 0 Å². The Labute approximate surface area is 82.9 Å². The molecule has 0 radical (unpaired) electrons. The first-order valence-electron chi connectivity index (χ1n) is 4.51. The molecule has 1 rings (SSSR count). The number of nitrogens with zero attached hydrogens (tertiary/aromatic N) is 2. The Morgan fingerprint density at radius 2 is 2.21 bits per heavy atom. The summed E-state index contributed by atoms with van der Waals surface area (Å²) in [5, 5.41) is 8.58. The van der Waals surface area contributed by atoms with Crippen LogP contribution in [0.1, 0.15) is 25.6 Å². The van der Waals surface area contributed by atoms with Crippen molar-refractivity contribution in [2.45, 2.75) is 19.8 Å². The molecule has 0 saturated heterocycles. The maximum atomic E-state index is 8.58. The first-order chi connectivity index (χ1) is 6.63. The van der Waals surface area contributed by atoms with E-state index in [0.29, 0.717) is 17.5 Å². The molecule has 5 heteroatoms. The predicted octanol–water partition coefficient (Wildman–Crippen LogP) is 0.553. The summed E-state index contributed by atoms with van der Waals surface area (Å²) in [7, 11) is 0. The van der Waals surface area contributed by atoms with Crippen LogP contribution >= 0.6 is 0 Å².